The Morgan fingerprint density at radius 1 is 1.24 bits per heavy atom. The summed E-state index contributed by atoms with van der Waals surface area (Å²) in [7, 11) is 1.83. The zero-order valence-corrected chi connectivity index (χ0v) is 16.0. The Kier molecular flexibility index (Phi) is 7.29. The number of nitrogens with zero attached hydrogens (tertiary/aromatic N) is 2. The number of hydrogen-bond donors (Lipinski definition) is 2. The Hall–Kier alpha value is -2.04. The summed E-state index contributed by atoms with van der Waals surface area (Å²) in [4.78, 5) is 18.9. The maximum Gasteiger partial charge on any atom is 0.251 e. The highest BCUT2D eigenvalue weighted by molar-refractivity contribution is 5.94. The molecule has 1 aromatic carbocycles. The Balaban J connectivity index is 1.96. The van der Waals surface area contributed by atoms with Gasteiger partial charge in [-0.25, -0.2) is 0 Å². The molecule has 0 bridgehead atoms. The van der Waals surface area contributed by atoms with Crippen molar-refractivity contribution in [1.82, 2.24) is 15.5 Å². The lowest BCUT2D eigenvalue weighted by Crippen LogP contribution is -2.48. The molecule has 1 heterocycles. The van der Waals surface area contributed by atoms with Crippen LogP contribution in [0.3, 0.4) is 0 Å². The Morgan fingerprint density at radius 2 is 1.96 bits per heavy atom. The van der Waals surface area contributed by atoms with Gasteiger partial charge in [0.25, 0.3) is 5.91 Å². The number of guanidine groups is 1. The van der Waals surface area contributed by atoms with Gasteiger partial charge in [-0.15, -0.1) is 0 Å². The normalized spacial score (nSPS) is 21.1. The van der Waals surface area contributed by atoms with Crippen LogP contribution in [-0.2, 0) is 6.54 Å². The number of amides is 1. The molecule has 1 aliphatic heterocycles. The van der Waals surface area contributed by atoms with Crippen LogP contribution in [0.5, 0.6) is 0 Å². The van der Waals surface area contributed by atoms with Gasteiger partial charge < -0.3 is 15.5 Å². The lowest BCUT2D eigenvalue weighted by molar-refractivity contribution is 0.0953. The Bertz CT molecular complexity index is 589. The molecule has 25 heavy (non-hydrogen) atoms. The number of carbonyl (C=O) groups excluding carboxylic acids is 1. The van der Waals surface area contributed by atoms with Gasteiger partial charge >= 0.3 is 0 Å². The van der Waals surface area contributed by atoms with E-state index in [1.807, 2.05) is 31.3 Å². The van der Waals surface area contributed by atoms with Crippen LogP contribution in [0.2, 0.25) is 0 Å². The van der Waals surface area contributed by atoms with Crippen LogP contribution in [0, 0.1) is 11.8 Å². The second kappa shape index (κ2) is 9.44. The molecule has 2 N–H and O–H groups in total. The second-order valence-electron chi connectivity index (χ2n) is 7.21. The van der Waals surface area contributed by atoms with Crippen molar-refractivity contribution in [3.05, 3.63) is 35.4 Å². The van der Waals surface area contributed by atoms with Crippen LogP contribution in [-0.4, -0.2) is 43.4 Å². The van der Waals surface area contributed by atoms with Crippen molar-refractivity contribution in [2.75, 3.05) is 26.7 Å². The van der Waals surface area contributed by atoms with E-state index in [9.17, 15) is 4.79 Å². The van der Waals surface area contributed by atoms with Gasteiger partial charge in [-0.1, -0.05) is 32.9 Å². The molecule has 5 heteroatoms. The van der Waals surface area contributed by atoms with Crippen molar-refractivity contribution in [3.63, 3.8) is 0 Å². The fraction of sp³-hybridized carbons (Fsp3) is 0.600. The Morgan fingerprint density at radius 3 is 2.60 bits per heavy atom. The summed E-state index contributed by atoms with van der Waals surface area (Å²) in [5.41, 5.74) is 1.80. The lowest BCUT2D eigenvalue weighted by atomic mass is 9.92. The summed E-state index contributed by atoms with van der Waals surface area (Å²) < 4.78 is 0. The third-order valence-corrected chi connectivity index (χ3v) is 4.56. The molecule has 1 aliphatic rings. The Labute approximate surface area is 151 Å². The molecule has 0 radical (unpaired) electrons. The molecular weight excluding hydrogens is 312 g/mol. The monoisotopic (exact) mass is 344 g/mol. The fourth-order valence-corrected chi connectivity index (χ4v) is 3.51. The van der Waals surface area contributed by atoms with E-state index in [4.69, 9.17) is 0 Å². The third kappa shape index (κ3) is 5.76. The van der Waals surface area contributed by atoms with Crippen LogP contribution in [0.4, 0.5) is 0 Å². The van der Waals surface area contributed by atoms with Gasteiger partial charge in [0.2, 0.25) is 0 Å². The minimum atomic E-state index is -0.00763. The highest BCUT2D eigenvalue weighted by Crippen LogP contribution is 2.20. The number of rotatable bonds is 5. The first-order valence-electron chi connectivity index (χ1n) is 9.36. The highest BCUT2D eigenvalue weighted by atomic mass is 16.1. The first-order chi connectivity index (χ1) is 12.0. The first-order valence-corrected chi connectivity index (χ1v) is 9.36. The van der Waals surface area contributed by atoms with Crippen molar-refractivity contribution >= 4 is 11.9 Å². The molecule has 5 nitrogen and oxygen atoms in total. The van der Waals surface area contributed by atoms with Crippen LogP contribution in [0.15, 0.2) is 29.3 Å². The number of aliphatic imine (C=N–C) groups is 1. The summed E-state index contributed by atoms with van der Waals surface area (Å²) in [6.07, 6.45) is 2.22. The predicted molar refractivity (Wildman–Crippen MR) is 104 cm³/mol. The smallest absolute Gasteiger partial charge is 0.251 e. The average Bonchev–Trinajstić information content (AvgIpc) is 2.59. The molecule has 1 fully saturated rings. The van der Waals surface area contributed by atoms with Gasteiger partial charge in [0.05, 0.1) is 0 Å². The zero-order valence-electron chi connectivity index (χ0n) is 16.0. The van der Waals surface area contributed by atoms with Gasteiger partial charge in [0, 0.05) is 38.8 Å². The van der Waals surface area contributed by atoms with Crippen molar-refractivity contribution in [2.45, 2.75) is 40.2 Å². The minimum Gasteiger partial charge on any atom is -0.352 e. The number of piperidine rings is 1. The highest BCUT2D eigenvalue weighted by Gasteiger charge is 2.23. The largest absolute Gasteiger partial charge is 0.352 e. The second-order valence-corrected chi connectivity index (χ2v) is 7.21. The van der Waals surface area contributed by atoms with E-state index in [0.717, 1.165) is 31.0 Å². The molecule has 1 saturated heterocycles. The summed E-state index contributed by atoms with van der Waals surface area (Å²) in [5.74, 6) is 2.31. The fourth-order valence-electron chi connectivity index (χ4n) is 3.51. The SMILES string of the molecule is CCCNC(=O)c1cccc(CNC(=NC)N2CC(C)CC(C)C2)c1. The topological polar surface area (TPSA) is 56.7 Å². The molecule has 0 aromatic heterocycles. The zero-order chi connectivity index (χ0) is 18.2. The molecule has 0 aliphatic carbocycles. The number of hydrogen-bond acceptors (Lipinski definition) is 2. The number of benzene rings is 1. The number of nitrogens with one attached hydrogen (secondary N) is 2. The van der Waals surface area contributed by atoms with E-state index < -0.39 is 0 Å². The molecule has 138 valence electrons. The minimum absolute atomic E-state index is 0.00763. The van der Waals surface area contributed by atoms with Crippen molar-refractivity contribution in [2.24, 2.45) is 16.8 Å². The average molecular weight is 345 g/mol. The maximum absolute atomic E-state index is 12.1. The quantitative estimate of drug-likeness (QED) is 0.638. The van der Waals surface area contributed by atoms with Crippen molar-refractivity contribution in [3.8, 4) is 0 Å². The van der Waals surface area contributed by atoms with E-state index in [1.54, 1.807) is 0 Å². The van der Waals surface area contributed by atoms with Gasteiger partial charge in [-0.05, 0) is 42.4 Å². The third-order valence-electron chi connectivity index (χ3n) is 4.56. The molecule has 1 aromatic rings. The van der Waals surface area contributed by atoms with Gasteiger partial charge in [-0.2, -0.15) is 0 Å². The molecular formula is C20H32N4O. The standard InChI is InChI=1S/C20H32N4O/c1-5-9-22-19(25)18-8-6-7-17(11-18)12-23-20(21-4)24-13-15(2)10-16(3)14-24/h6-8,11,15-16H,5,9-10,12-14H2,1-4H3,(H,21,23)(H,22,25). The first kappa shape index (κ1) is 19.3. The molecule has 0 saturated carbocycles. The van der Waals surface area contributed by atoms with Gasteiger partial charge in [0.1, 0.15) is 0 Å². The molecule has 2 rings (SSSR count). The van der Waals surface area contributed by atoms with Crippen LogP contribution in [0.25, 0.3) is 0 Å². The van der Waals surface area contributed by atoms with Gasteiger partial charge in [-0.3, -0.25) is 9.79 Å². The number of carbonyl (C=O) groups is 1. The van der Waals surface area contributed by atoms with Crippen LogP contribution < -0.4 is 10.6 Å². The van der Waals surface area contributed by atoms with Gasteiger partial charge in [0.15, 0.2) is 5.96 Å². The molecule has 1 amide bonds. The van der Waals surface area contributed by atoms with E-state index in [-0.39, 0.29) is 5.91 Å². The van der Waals surface area contributed by atoms with E-state index in [0.29, 0.717) is 30.5 Å². The number of likely N-dealkylation sites (tertiary alicyclic amines) is 1. The van der Waals surface area contributed by atoms with E-state index in [2.05, 4.69) is 41.3 Å². The van der Waals surface area contributed by atoms with Crippen molar-refractivity contribution < 1.29 is 4.79 Å². The maximum atomic E-state index is 12.1. The summed E-state index contributed by atoms with van der Waals surface area (Å²) in [5, 5.41) is 6.37. The summed E-state index contributed by atoms with van der Waals surface area (Å²) >= 11 is 0. The summed E-state index contributed by atoms with van der Waals surface area (Å²) in [6, 6.07) is 7.79. The van der Waals surface area contributed by atoms with E-state index >= 15 is 0 Å². The van der Waals surface area contributed by atoms with Crippen molar-refractivity contribution in [1.29, 1.82) is 0 Å². The molecule has 0 spiro atoms. The molecule has 2 unspecified atom stereocenters. The van der Waals surface area contributed by atoms with E-state index in [1.165, 1.54) is 6.42 Å². The van der Waals surface area contributed by atoms with Crippen LogP contribution in [0.1, 0.15) is 49.5 Å². The lowest BCUT2D eigenvalue weighted by Gasteiger charge is -2.37. The predicted octanol–water partition coefficient (Wildman–Crippen LogP) is 2.88. The molecule has 2 atom stereocenters. The summed E-state index contributed by atoms with van der Waals surface area (Å²) in [6.45, 7) is 10.1. The van der Waals surface area contributed by atoms with Crippen LogP contribution >= 0.6 is 0 Å².